The van der Waals surface area contributed by atoms with Crippen molar-refractivity contribution in [1.29, 1.82) is 0 Å². The molecule has 0 bridgehead atoms. The van der Waals surface area contributed by atoms with Gasteiger partial charge in [0, 0.05) is 18.7 Å². The van der Waals surface area contributed by atoms with Crippen LogP contribution in [-0.2, 0) is 0 Å². The summed E-state index contributed by atoms with van der Waals surface area (Å²) in [5, 5.41) is 16.6. The molecule has 1 aliphatic rings. The van der Waals surface area contributed by atoms with Gasteiger partial charge in [-0.25, -0.2) is 9.48 Å². The van der Waals surface area contributed by atoms with Gasteiger partial charge in [0.25, 0.3) is 0 Å². The fraction of sp³-hybridized carbons (Fsp3) is 0.714. The molecule has 1 aromatic rings. The van der Waals surface area contributed by atoms with Gasteiger partial charge < -0.3 is 10.0 Å². The van der Waals surface area contributed by atoms with E-state index in [9.17, 15) is 9.90 Å². The van der Waals surface area contributed by atoms with E-state index in [1.54, 1.807) is 21.8 Å². The molecule has 6 heteroatoms. The number of hydrogen-bond acceptors (Lipinski definition) is 3. The van der Waals surface area contributed by atoms with Crippen LogP contribution >= 0.6 is 0 Å². The van der Waals surface area contributed by atoms with E-state index in [2.05, 4.69) is 17.3 Å². The summed E-state index contributed by atoms with van der Waals surface area (Å²) < 4.78 is 1.78. The number of aromatic nitrogens is 2. The maximum absolute atomic E-state index is 12.4. The normalized spacial score (nSPS) is 23.1. The second-order valence-corrected chi connectivity index (χ2v) is 5.75. The zero-order valence-electron chi connectivity index (χ0n) is 12.4. The minimum atomic E-state index is -0.155. The molecule has 1 fully saturated rings. The molecular weight excluding hydrogens is 256 g/mol. The molecule has 1 aromatic heterocycles. The van der Waals surface area contributed by atoms with Crippen LogP contribution in [0.3, 0.4) is 0 Å². The number of urea groups is 1. The zero-order valence-corrected chi connectivity index (χ0v) is 12.4. The Morgan fingerprint density at radius 1 is 1.60 bits per heavy atom. The SMILES string of the molecule is CC1CCCN(C(=O)Nc2ccnn2C(C)C)C1CO. The lowest BCUT2D eigenvalue weighted by atomic mass is 9.91. The summed E-state index contributed by atoms with van der Waals surface area (Å²) in [7, 11) is 0. The Hall–Kier alpha value is -1.56. The largest absolute Gasteiger partial charge is 0.394 e. The summed E-state index contributed by atoms with van der Waals surface area (Å²) >= 11 is 0. The van der Waals surface area contributed by atoms with Crippen LogP contribution in [0.25, 0.3) is 0 Å². The maximum Gasteiger partial charge on any atom is 0.323 e. The molecule has 2 rings (SSSR count). The van der Waals surface area contributed by atoms with Gasteiger partial charge in [-0.1, -0.05) is 6.92 Å². The highest BCUT2D eigenvalue weighted by Gasteiger charge is 2.31. The second-order valence-electron chi connectivity index (χ2n) is 5.75. The highest BCUT2D eigenvalue weighted by molar-refractivity contribution is 5.88. The minimum absolute atomic E-state index is 0.0119. The van der Waals surface area contributed by atoms with Crippen LogP contribution < -0.4 is 5.32 Å². The van der Waals surface area contributed by atoms with Crippen LogP contribution in [0.5, 0.6) is 0 Å². The molecule has 1 saturated heterocycles. The number of piperidine rings is 1. The standard InChI is InChI=1S/C14H24N4O2/c1-10(2)18-13(6-7-15-18)16-14(20)17-8-4-5-11(3)12(17)9-19/h6-7,10-12,19H,4-5,8-9H2,1-3H3,(H,16,20). The monoisotopic (exact) mass is 280 g/mol. The van der Waals surface area contributed by atoms with Gasteiger partial charge in [0.05, 0.1) is 18.8 Å². The van der Waals surface area contributed by atoms with Gasteiger partial charge in [-0.3, -0.25) is 5.32 Å². The smallest absolute Gasteiger partial charge is 0.323 e. The Morgan fingerprint density at radius 2 is 2.35 bits per heavy atom. The predicted molar refractivity (Wildman–Crippen MR) is 77.6 cm³/mol. The summed E-state index contributed by atoms with van der Waals surface area (Å²) in [5.74, 6) is 1.02. The average Bonchev–Trinajstić information content (AvgIpc) is 2.86. The topological polar surface area (TPSA) is 70.4 Å². The molecule has 0 saturated carbocycles. The summed E-state index contributed by atoms with van der Waals surface area (Å²) in [6.07, 6.45) is 3.71. The fourth-order valence-electron chi connectivity index (χ4n) is 2.79. The van der Waals surface area contributed by atoms with E-state index >= 15 is 0 Å². The highest BCUT2D eigenvalue weighted by Crippen LogP contribution is 2.24. The molecule has 0 radical (unpaired) electrons. The first-order valence-corrected chi connectivity index (χ1v) is 7.26. The van der Waals surface area contributed by atoms with E-state index in [1.807, 2.05) is 13.8 Å². The van der Waals surface area contributed by atoms with Crippen LogP contribution in [0.1, 0.15) is 39.7 Å². The van der Waals surface area contributed by atoms with Gasteiger partial charge in [-0.05, 0) is 32.6 Å². The molecule has 0 aliphatic carbocycles. The maximum atomic E-state index is 12.4. The molecule has 1 aliphatic heterocycles. The summed E-state index contributed by atoms with van der Waals surface area (Å²) in [5.41, 5.74) is 0. The third-order valence-corrected chi connectivity index (χ3v) is 3.96. The van der Waals surface area contributed by atoms with Crippen molar-refractivity contribution < 1.29 is 9.90 Å². The lowest BCUT2D eigenvalue weighted by Crippen LogP contribution is -2.51. The van der Waals surface area contributed by atoms with Crippen molar-refractivity contribution in [2.45, 2.75) is 45.7 Å². The number of hydrogen-bond donors (Lipinski definition) is 2. The average molecular weight is 280 g/mol. The molecule has 0 spiro atoms. The number of rotatable bonds is 3. The number of nitrogens with one attached hydrogen (secondary N) is 1. The molecule has 20 heavy (non-hydrogen) atoms. The Morgan fingerprint density at radius 3 is 3.00 bits per heavy atom. The fourth-order valence-corrected chi connectivity index (χ4v) is 2.79. The molecule has 2 amide bonds. The number of aliphatic hydroxyl groups excluding tert-OH is 1. The Labute approximate surface area is 119 Å². The predicted octanol–water partition coefficient (Wildman–Crippen LogP) is 2.09. The van der Waals surface area contributed by atoms with Gasteiger partial charge >= 0.3 is 6.03 Å². The van der Waals surface area contributed by atoms with E-state index in [0.29, 0.717) is 18.3 Å². The summed E-state index contributed by atoms with van der Waals surface area (Å²) in [6.45, 7) is 6.82. The van der Waals surface area contributed by atoms with Gasteiger partial charge in [0.1, 0.15) is 5.82 Å². The molecule has 0 aromatic carbocycles. The van der Waals surface area contributed by atoms with Crippen molar-refractivity contribution in [3.05, 3.63) is 12.3 Å². The van der Waals surface area contributed by atoms with E-state index in [0.717, 1.165) is 12.8 Å². The molecule has 112 valence electrons. The third kappa shape index (κ3) is 2.95. The Kier molecular flexibility index (Phi) is 4.65. The number of carbonyl (C=O) groups excluding carboxylic acids is 1. The first-order chi connectivity index (χ1) is 9.54. The Bertz CT molecular complexity index is 458. The number of amides is 2. The third-order valence-electron chi connectivity index (χ3n) is 3.96. The minimum Gasteiger partial charge on any atom is -0.394 e. The van der Waals surface area contributed by atoms with Crippen molar-refractivity contribution in [3.8, 4) is 0 Å². The van der Waals surface area contributed by atoms with Crippen molar-refractivity contribution >= 4 is 11.8 Å². The van der Waals surface area contributed by atoms with Crippen LogP contribution in [0, 0.1) is 5.92 Å². The number of nitrogens with zero attached hydrogens (tertiary/aromatic N) is 3. The number of carbonyl (C=O) groups is 1. The lowest BCUT2D eigenvalue weighted by molar-refractivity contribution is 0.0810. The van der Waals surface area contributed by atoms with E-state index in [-0.39, 0.29) is 24.7 Å². The van der Waals surface area contributed by atoms with Crippen LogP contribution in [-0.4, -0.2) is 45.0 Å². The first kappa shape index (κ1) is 14.8. The van der Waals surface area contributed by atoms with Crippen molar-refractivity contribution in [3.63, 3.8) is 0 Å². The van der Waals surface area contributed by atoms with Gasteiger partial charge in [0.15, 0.2) is 0 Å². The molecule has 6 nitrogen and oxygen atoms in total. The first-order valence-electron chi connectivity index (χ1n) is 7.26. The van der Waals surface area contributed by atoms with Gasteiger partial charge in [0.2, 0.25) is 0 Å². The highest BCUT2D eigenvalue weighted by atomic mass is 16.3. The van der Waals surface area contributed by atoms with E-state index < -0.39 is 0 Å². The van der Waals surface area contributed by atoms with Crippen LogP contribution in [0.15, 0.2) is 12.3 Å². The molecular formula is C14H24N4O2. The number of aliphatic hydroxyl groups is 1. The van der Waals surface area contributed by atoms with E-state index in [4.69, 9.17) is 0 Å². The molecule has 2 atom stereocenters. The molecule has 2 N–H and O–H groups in total. The summed E-state index contributed by atoms with van der Waals surface area (Å²) in [6, 6.07) is 1.73. The Balaban J connectivity index is 2.09. The van der Waals surface area contributed by atoms with Gasteiger partial charge in [-0.15, -0.1) is 0 Å². The molecule has 2 heterocycles. The van der Waals surface area contributed by atoms with Crippen molar-refractivity contribution in [1.82, 2.24) is 14.7 Å². The van der Waals surface area contributed by atoms with Crippen molar-refractivity contribution in [2.24, 2.45) is 5.92 Å². The lowest BCUT2D eigenvalue weighted by Gasteiger charge is -2.38. The summed E-state index contributed by atoms with van der Waals surface area (Å²) in [4.78, 5) is 14.2. The second kappa shape index (κ2) is 6.26. The quantitative estimate of drug-likeness (QED) is 0.890. The van der Waals surface area contributed by atoms with Crippen LogP contribution in [0.2, 0.25) is 0 Å². The van der Waals surface area contributed by atoms with E-state index in [1.165, 1.54) is 0 Å². The number of anilines is 1. The van der Waals surface area contributed by atoms with Gasteiger partial charge in [-0.2, -0.15) is 5.10 Å². The zero-order chi connectivity index (χ0) is 14.7. The molecule has 2 unspecified atom stereocenters. The number of likely N-dealkylation sites (tertiary alicyclic amines) is 1. The van der Waals surface area contributed by atoms with Crippen molar-refractivity contribution in [2.75, 3.05) is 18.5 Å². The van der Waals surface area contributed by atoms with Crippen LogP contribution in [0.4, 0.5) is 10.6 Å².